The highest BCUT2D eigenvalue weighted by Crippen LogP contribution is 2.24. The Hall–Kier alpha value is -2.17. The summed E-state index contributed by atoms with van der Waals surface area (Å²) in [6, 6.07) is 15.7. The fourth-order valence-electron chi connectivity index (χ4n) is 2.59. The fraction of sp³-hybridized carbons (Fsp3) is 0.200. The summed E-state index contributed by atoms with van der Waals surface area (Å²) < 4.78 is 0. The third kappa shape index (κ3) is 4.68. The number of rotatable bonds is 5. The van der Waals surface area contributed by atoms with Gasteiger partial charge in [-0.1, -0.05) is 47.5 Å². The van der Waals surface area contributed by atoms with Crippen LogP contribution in [0.25, 0.3) is 10.6 Å². The van der Waals surface area contributed by atoms with Crippen molar-refractivity contribution in [1.82, 2.24) is 10.3 Å². The first-order valence-electron chi connectivity index (χ1n) is 8.07. The van der Waals surface area contributed by atoms with E-state index in [9.17, 15) is 4.79 Å². The Balaban J connectivity index is 1.62. The topological polar surface area (TPSA) is 42.0 Å². The number of carbonyl (C=O) groups is 1. The monoisotopic (exact) mass is 370 g/mol. The first-order valence-corrected chi connectivity index (χ1v) is 9.33. The first-order chi connectivity index (χ1) is 12.0. The average molecular weight is 371 g/mol. The lowest BCUT2D eigenvalue weighted by molar-refractivity contribution is -0.121. The summed E-state index contributed by atoms with van der Waals surface area (Å²) in [5, 5.41) is 6.58. The quantitative estimate of drug-likeness (QED) is 0.671. The van der Waals surface area contributed by atoms with E-state index in [-0.39, 0.29) is 18.4 Å². The molecule has 1 amide bonds. The molecule has 25 heavy (non-hydrogen) atoms. The first kappa shape index (κ1) is 17.6. The standard InChI is InChI=1S/C20H19ClN2OS/c1-13-4-3-5-16(10-13)20-23-18(12-25-20)11-19(24)22-14(2)15-6-8-17(21)9-7-15/h3-10,12,14H,11H2,1-2H3,(H,22,24). The van der Waals surface area contributed by atoms with Gasteiger partial charge in [-0.05, 0) is 37.6 Å². The molecule has 5 heteroatoms. The molecular formula is C20H19ClN2OS. The summed E-state index contributed by atoms with van der Waals surface area (Å²) in [6.45, 7) is 4.02. The summed E-state index contributed by atoms with van der Waals surface area (Å²) in [6.07, 6.45) is 0.278. The highest BCUT2D eigenvalue weighted by Gasteiger charge is 2.12. The van der Waals surface area contributed by atoms with Gasteiger partial charge in [0, 0.05) is 16.0 Å². The zero-order valence-electron chi connectivity index (χ0n) is 14.1. The van der Waals surface area contributed by atoms with Crippen LogP contribution in [-0.4, -0.2) is 10.9 Å². The molecular weight excluding hydrogens is 352 g/mol. The van der Waals surface area contributed by atoms with Gasteiger partial charge in [-0.25, -0.2) is 4.98 Å². The van der Waals surface area contributed by atoms with E-state index in [2.05, 4.69) is 29.4 Å². The number of carbonyl (C=O) groups excluding carboxylic acids is 1. The molecule has 1 N–H and O–H groups in total. The van der Waals surface area contributed by atoms with Gasteiger partial charge < -0.3 is 5.32 Å². The number of nitrogens with zero attached hydrogens (tertiary/aromatic N) is 1. The van der Waals surface area contributed by atoms with Crippen LogP contribution in [0.15, 0.2) is 53.9 Å². The Labute approximate surface area is 156 Å². The van der Waals surface area contributed by atoms with Crippen LogP contribution in [0.1, 0.15) is 29.8 Å². The number of hydrogen-bond acceptors (Lipinski definition) is 3. The van der Waals surface area contributed by atoms with Crippen molar-refractivity contribution in [2.75, 3.05) is 0 Å². The van der Waals surface area contributed by atoms with Crippen molar-refractivity contribution in [2.45, 2.75) is 26.3 Å². The van der Waals surface area contributed by atoms with E-state index in [0.717, 1.165) is 21.8 Å². The summed E-state index contributed by atoms with van der Waals surface area (Å²) in [7, 11) is 0. The van der Waals surface area contributed by atoms with Crippen LogP contribution in [0, 0.1) is 6.92 Å². The van der Waals surface area contributed by atoms with Gasteiger partial charge in [0.05, 0.1) is 18.2 Å². The average Bonchev–Trinajstić information content (AvgIpc) is 3.03. The van der Waals surface area contributed by atoms with Gasteiger partial charge in [0.2, 0.25) is 5.91 Å². The zero-order chi connectivity index (χ0) is 17.8. The molecule has 0 spiro atoms. The minimum atomic E-state index is -0.0698. The number of aromatic nitrogens is 1. The van der Waals surface area contributed by atoms with Gasteiger partial charge in [-0.15, -0.1) is 11.3 Å². The van der Waals surface area contributed by atoms with Crippen molar-refractivity contribution in [2.24, 2.45) is 0 Å². The second-order valence-electron chi connectivity index (χ2n) is 6.03. The second-order valence-corrected chi connectivity index (χ2v) is 7.33. The van der Waals surface area contributed by atoms with Crippen LogP contribution in [0.4, 0.5) is 0 Å². The largest absolute Gasteiger partial charge is 0.349 e. The lowest BCUT2D eigenvalue weighted by Crippen LogP contribution is -2.28. The number of hydrogen-bond donors (Lipinski definition) is 1. The molecule has 2 aromatic carbocycles. The summed E-state index contributed by atoms with van der Waals surface area (Å²) in [4.78, 5) is 16.9. The number of thiazole rings is 1. The third-order valence-corrected chi connectivity index (χ3v) is 5.10. The van der Waals surface area contributed by atoms with E-state index < -0.39 is 0 Å². The van der Waals surface area contributed by atoms with Crippen LogP contribution in [-0.2, 0) is 11.2 Å². The predicted octanol–water partition coefficient (Wildman–Crippen LogP) is 5.19. The Morgan fingerprint density at radius 2 is 2.00 bits per heavy atom. The molecule has 3 rings (SSSR count). The molecule has 1 unspecified atom stereocenters. The number of halogens is 1. The zero-order valence-corrected chi connectivity index (χ0v) is 15.7. The molecule has 128 valence electrons. The predicted molar refractivity (Wildman–Crippen MR) is 104 cm³/mol. The molecule has 3 aromatic rings. The fourth-order valence-corrected chi connectivity index (χ4v) is 3.53. The maximum atomic E-state index is 12.3. The van der Waals surface area contributed by atoms with Crippen molar-refractivity contribution >= 4 is 28.8 Å². The minimum absolute atomic E-state index is 0.0384. The van der Waals surface area contributed by atoms with Gasteiger partial charge in [-0.3, -0.25) is 4.79 Å². The van der Waals surface area contributed by atoms with Crippen LogP contribution < -0.4 is 5.32 Å². The van der Waals surface area contributed by atoms with E-state index in [1.165, 1.54) is 5.56 Å². The summed E-state index contributed by atoms with van der Waals surface area (Å²) in [5.41, 5.74) is 4.11. The van der Waals surface area contributed by atoms with Crippen LogP contribution in [0.3, 0.4) is 0 Å². The highest BCUT2D eigenvalue weighted by atomic mass is 35.5. The van der Waals surface area contributed by atoms with E-state index >= 15 is 0 Å². The molecule has 0 saturated carbocycles. The van der Waals surface area contributed by atoms with E-state index in [4.69, 9.17) is 11.6 Å². The van der Waals surface area contributed by atoms with Crippen molar-refractivity contribution in [1.29, 1.82) is 0 Å². The molecule has 0 bridgehead atoms. The third-order valence-electron chi connectivity index (χ3n) is 3.91. The number of aryl methyl sites for hydroxylation is 1. The van der Waals surface area contributed by atoms with Crippen molar-refractivity contribution < 1.29 is 4.79 Å². The summed E-state index contributed by atoms with van der Waals surface area (Å²) >= 11 is 7.46. The Morgan fingerprint density at radius 1 is 1.24 bits per heavy atom. The molecule has 0 fully saturated rings. The molecule has 0 aliphatic heterocycles. The highest BCUT2D eigenvalue weighted by molar-refractivity contribution is 7.13. The maximum absolute atomic E-state index is 12.3. The van der Waals surface area contributed by atoms with Crippen LogP contribution in [0.5, 0.6) is 0 Å². The van der Waals surface area contributed by atoms with E-state index in [1.54, 1.807) is 11.3 Å². The van der Waals surface area contributed by atoms with Crippen molar-refractivity contribution in [3.8, 4) is 10.6 Å². The van der Waals surface area contributed by atoms with Gasteiger partial charge in [0.25, 0.3) is 0 Å². The molecule has 0 aliphatic rings. The second kappa shape index (κ2) is 7.81. The molecule has 0 saturated heterocycles. The smallest absolute Gasteiger partial charge is 0.226 e. The van der Waals surface area contributed by atoms with Gasteiger partial charge in [0.1, 0.15) is 5.01 Å². The minimum Gasteiger partial charge on any atom is -0.349 e. The molecule has 1 atom stereocenters. The van der Waals surface area contributed by atoms with Crippen LogP contribution >= 0.6 is 22.9 Å². The molecule has 0 radical (unpaired) electrons. The number of benzene rings is 2. The molecule has 1 aromatic heterocycles. The van der Waals surface area contributed by atoms with Gasteiger partial charge in [0.15, 0.2) is 0 Å². The Kier molecular flexibility index (Phi) is 5.51. The number of amides is 1. The van der Waals surface area contributed by atoms with Crippen molar-refractivity contribution in [3.05, 3.63) is 75.8 Å². The van der Waals surface area contributed by atoms with E-state index in [1.807, 2.05) is 48.7 Å². The lowest BCUT2D eigenvalue weighted by atomic mass is 10.1. The molecule has 1 heterocycles. The Bertz CT molecular complexity index is 873. The van der Waals surface area contributed by atoms with Crippen molar-refractivity contribution in [3.63, 3.8) is 0 Å². The number of nitrogens with one attached hydrogen (secondary N) is 1. The molecule has 3 nitrogen and oxygen atoms in total. The normalized spacial score (nSPS) is 12.0. The SMILES string of the molecule is Cc1cccc(-c2nc(CC(=O)NC(C)c3ccc(Cl)cc3)cs2)c1. The van der Waals surface area contributed by atoms with Gasteiger partial charge in [-0.2, -0.15) is 0 Å². The van der Waals surface area contributed by atoms with E-state index in [0.29, 0.717) is 5.02 Å². The van der Waals surface area contributed by atoms with Crippen LogP contribution in [0.2, 0.25) is 5.02 Å². The summed E-state index contributed by atoms with van der Waals surface area (Å²) in [5.74, 6) is -0.0384. The van der Waals surface area contributed by atoms with Gasteiger partial charge >= 0.3 is 0 Å². The molecule has 0 aliphatic carbocycles. The lowest BCUT2D eigenvalue weighted by Gasteiger charge is -2.14. The Morgan fingerprint density at radius 3 is 2.72 bits per heavy atom. The maximum Gasteiger partial charge on any atom is 0.226 e.